The number of rotatable bonds is 6. The van der Waals surface area contributed by atoms with Crippen molar-refractivity contribution in [1.82, 2.24) is 24.7 Å². The van der Waals surface area contributed by atoms with Gasteiger partial charge < -0.3 is 15.8 Å². The first-order chi connectivity index (χ1) is 9.20. The predicted molar refractivity (Wildman–Crippen MR) is 70.6 cm³/mol. The monoisotopic (exact) mass is 263 g/mol. The Morgan fingerprint density at radius 1 is 1.37 bits per heavy atom. The van der Waals surface area contributed by atoms with Gasteiger partial charge >= 0.3 is 0 Å². The van der Waals surface area contributed by atoms with Gasteiger partial charge in [0.05, 0.1) is 13.2 Å². The van der Waals surface area contributed by atoms with E-state index in [1.165, 1.54) is 6.33 Å². The Labute approximate surface area is 111 Å². The van der Waals surface area contributed by atoms with Crippen molar-refractivity contribution in [3.63, 3.8) is 0 Å². The number of anilines is 2. The van der Waals surface area contributed by atoms with Crippen LogP contribution in [0.25, 0.3) is 0 Å². The lowest BCUT2D eigenvalue weighted by atomic mass is 10.4. The van der Waals surface area contributed by atoms with Gasteiger partial charge in [0, 0.05) is 7.05 Å². The first kappa shape index (κ1) is 13.1. The molecule has 0 fully saturated rings. The molecule has 0 aliphatic carbocycles. The van der Waals surface area contributed by atoms with Gasteiger partial charge in [-0.2, -0.15) is 10.1 Å². The van der Waals surface area contributed by atoms with E-state index in [9.17, 15) is 0 Å². The van der Waals surface area contributed by atoms with Crippen LogP contribution >= 0.6 is 0 Å². The Bertz CT molecular complexity index is 540. The average Bonchev–Trinajstić information content (AvgIpc) is 2.82. The lowest BCUT2D eigenvalue weighted by Crippen LogP contribution is -2.09. The summed E-state index contributed by atoms with van der Waals surface area (Å²) in [6.45, 7) is 3.03. The molecule has 3 N–H and O–H groups in total. The van der Waals surface area contributed by atoms with Crippen molar-refractivity contribution < 1.29 is 4.74 Å². The van der Waals surface area contributed by atoms with E-state index in [0.717, 1.165) is 6.42 Å². The van der Waals surface area contributed by atoms with Gasteiger partial charge in [-0.3, -0.25) is 4.68 Å². The Hall–Kier alpha value is -2.38. The Morgan fingerprint density at radius 3 is 2.89 bits per heavy atom. The Morgan fingerprint density at radius 2 is 2.21 bits per heavy atom. The zero-order valence-electron chi connectivity index (χ0n) is 11.0. The molecule has 0 spiro atoms. The van der Waals surface area contributed by atoms with Crippen molar-refractivity contribution in [2.24, 2.45) is 7.05 Å². The lowest BCUT2D eigenvalue weighted by Gasteiger charge is -2.10. The highest BCUT2D eigenvalue weighted by Crippen LogP contribution is 2.24. The summed E-state index contributed by atoms with van der Waals surface area (Å²) in [6.07, 6.45) is 3.94. The third kappa shape index (κ3) is 3.30. The molecule has 102 valence electrons. The number of aromatic nitrogens is 5. The molecule has 0 aliphatic heterocycles. The summed E-state index contributed by atoms with van der Waals surface area (Å²) in [5.74, 6) is 1.58. The van der Waals surface area contributed by atoms with Crippen LogP contribution in [-0.4, -0.2) is 31.3 Å². The summed E-state index contributed by atoms with van der Waals surface area (Å²) in [4.78, 5) is 12.2. The summed E-state index contributed by atoms with van der Waals surface area (Å²) < 4.78 is 7.07. The van der Waals surface area contributed by atoms with Crippen LogP contribution < -0.4 is 15.8 Å². The first-order valence-electron chi connectivity index (χ1n) is 6.02. The second kappa shape index (κ2) is 5.98. The fourth-order valence-electron chi connectivity index (χ4n) is 1.46. The SMILES string of the molecule is CCCOc1ncnc(NCc2ncn(C)n2)c1N. The maximum absolute atomic E-state index is 5.93. The number of hydrogen-bond donors (Lipinski definition) is 2. The summed E-state index contributed by atoms with van der Waals surface area (Å²) >= 11 is 0. The van der Waals surface area contributed by atoms with Crippen LogP contribution in [0.4, 0.5) is 11.5 Å². The largest absolute Gasteiger partial charge is 0.476 e. The van der Waals surface area contributed by atoms with Crippen LogP contribution in [0.1, 0.15) is 19.2 Å². The summed E-state index contributed by atoms with van der Waals surface area (Å²) in [6, 6.07) is 0. The van der Waals surface area contributed by atoms with Crippen LogP contribution in [0.2, 0.25) is 0 Å². The minimum absolute atomic E-state index is 0.395. The predicted octanol–water partition coefficient (Wildman–Crippen LogP) is 0.588. The maximum Gasteiger partial charge on any atom is 0.242 e. The quantitative estimate of drug-likeness (QED) is 0.785. The highest BCUT2D eigenvalue weighted by Gasteiger charge is 2.09. The second-order valence-corrected chi connectivity index (χ2v) is 3.98. The van der Waals surface area contributed by atoms with Crippen LogP contribution in [0.3, 0.4) is 0 Å². The van der Waals surface area contributed by atoms with Gasteiger partial charge in [0.15, 0.2) is 11.6 Å². The van der Waals surface area contributed by atoms with Crippen LogP contribution in [0.15, 0.2) is 12.7 Å². The van der Waals surface area contributed by atoms with E-state index in [-0.39, 0.29) is 0 Å². The Kier molecular flexibility index (Phi) is 4.11. The molecular weight excluding hydrogens is 246 g/mol. The van der Waals surface area contributed by atoms with Gasteiger partial charge in [-0.15, -0.1) is 0 Å². The molecule has 2 aromatic heterocycles. The average molecular weight is 263 g/mol. The molecule has 2 aromatic rings. The van der Waals surface area contributed by atoms with Gasteiger partial charge in [-0.1, -0.05) is 6.92 Å². The van der Waals surface area contributed by atoms with Crippen molar-refractivity contribution in [3.05, 3.63) is 18.5 Å². The topological polar surface area (TPSA) is 104 Å². The van der Waals surface area contributed by atoms with E-state index in [1.807, 2.05) is 14.0 Å². The molecule has 2 rings (SSSR count). The molecule has 8 heteroatoms. The molecule has 0 amide bonds. The van der Waals surface area contributed by atoms with Gasteiger partial charge in [-0.05, 0) is 6.42 Å². The lowest BCUT2D eigenvalue weighted by molar-refractivity contribution is 0.306. The van der Waals surface area contributed by atoms with Crippen LogP contribution in [0.5, 0.6) is 5.88 Å². The standard InChI is InChI=1S/C11H17N7O/c1-3-4-19-11-9(12)10(14-6-15-11)13-5-8-16-7-18(2)17-8/h6-7H,3-5,12H2,1-2H3,(H,13,14,15). The molecule has 8 nitrogen and oxygen atoms in total. The second-order valence-electron chi connectivity index (χ2n) is 3.98. The summed E-state index contributed by atoms with van der Waals surface area (Å²) in [5.41, 5.74) is 6.33. The highest BCUT2D eigenvalue weighted by molar-refractivity contribution is 5.66. The van der Waals surface area contributed by atoms with Crippen LogP contribution in [-0.2, 0) is 13.6 Å². The molecule has 0 aromatic carbocycles. The molecule has 2 heterocycles. The van der Waals surface area contributed by atoms with Gasteiger partial charge in [-0.25, -0.2) is 9.97 Å². The van der Waals surface area contributed by atoms with E-state index in [0.29, 0.717) is 36.4 Å². The first-order valence-corrected chi connectivity index (χ1v) is 6.02. The smallest absolute Gasteiger partial charge is 0.242 e. The van der Waals surface area contributed by atoms with E-state index < -0.39 is 0 Å². The molecule has 0 bridgehead atoms. The minimum atomic E-state index is 0.395. The van der Waals surface area contributed by atoms with E-state index >= 15 is 0 Å². The maximum atomic E-state index is 5.93. The molecule has 0 aliphatic rings. The molecule has 0 saturated heterocycles. The number of nitrogens with two attached hydrogens (primary N) is 1. The van der Waals surface area contributed by atoms with Crippen molar-refractivity contribution in [2.45, 2.75) is 19.9 Å². The Balaban J connectivity index is 2.03. The number of hydrogen-bond acceptors (Lipinski definition) is 7. The molecule has 0 radical (unpaired) electrons. The van der Waals surface area contributed by atoms with Crippen LogP contribution in [0, 0.1) is 0 Å². The number of aryl methyl sites for hydroxylation is 1. The number of nitrogen functional groups attached to an aromatic ring is 1. The summed E-state index contributed by atoms with van der Waals surface area (Å²) in [7, 11) is 1.81. The van der Waals surface area contributed by atoms with Crippen molar-refractivity contribution in [2.75, 3.05) is 17.7 Å². The van der Waals surface area contributed by atoms with Crippen molar-refractivity contribution >= 4 is 11.5 Å². The van der Waals surface area contributed by atoms with Crippen molar-refractivity contribution in [1.29, 1.82) is 0 Å². The fourth-order valence-corrected chi connectivity index (χ4v) is 1.46. The van der Waals surface area contributed by atoms with E-state index in [4.69, 9.17) is 10.5 Å². The summed E-state index contributed by atoms with van der Waals surface area (Å²) in [5, 5.41) is 7.22. The molecule has 0 unspecified atom stereocenters. The van der Waals surface area contributed by atoms with Crippen molar-refractivity contribution in [3.8, 4) is 5.88 Å². The zero-order chi connectivity index (χ0) is 13.7. The third-order valence-electron chi connectivity index (χ3n) is 2.35. The number of ether oxygens (including phenoxy) is 1. The number of nitrogens with zero attached hydrogens (tertiary/aromatic N) is 5. The van der Waals surface area contributed by atoms with Gasteiger partial charge in [0.25, 0.3) is 0 Å². The van der Waals surface area contributed by atoms with Gasteiger partial charge in [0.2, 0.25) is 5.88 Å². The molecule has 0 saturated carbocycles. The van der Waals surface area contributed by atoms with Gasteiger partial charge in [0.1, 0.15) is 18.3 Å². The zero-order valence-corrected chi connectivity index (χ0v) is 11.0. The highest BCUT2D eigenvalue weighted by atomic mass is 16.5. The molecular formula is C11H17N7O. The normalized spacial score (nSPS) is 10.4. The number of nitrogens with one attached hydrogen (secondary N) is 1. The van der Waals surface area contributed by atoms with E-state index in [1.54, 1.807) is 11.0 Å². The fraction of sp³-hybridized carbons (Fsp3) is 0.455. The van der Waals surface area contributed by atoms with E-state index in [2.05, 4.69) is 25.4 Å². The minimum Gasteiger partial charge on any atom is -0.476 e. The molecule has 19 heavy (non-hydrogen) atoms. The molecule has 0 atom stereocenters. The third-order valence-corrected chi connectivity index (χ3v) is 2.35.